The van der Waals surface area contributed by atoms with Crippen LogP contribution in [0.4, 0.5) is 0 Å². The molecule has 0 bridgehead atoms. The van der Waals surface area contributed by atoms with Crippen LogP contribution in [0.3, 0.4) is 0 Å². The van der Waals surface area contributed by atoms with Crippen molar-refractivity contribution in [2.75, 3.05) is 26.7 Å². The zero-order chi connectivity index (χ0) is 14.3. The van der Waals surface area contributed by atoms with Crippen LogP contribution in [-0.4, -0.2) is 49.2 Å². The smallest absolute Gasteiger partial charge is 0.325 e. The number of carbonyl (C=O) groups is 1. The SMILES string of the molecule is CCNC(C)(CCCN1CCCC1CC)C(=O)OC. The molecule has 2 atom stereocenters. The molecule has 2 unspecified atom stereocenters. The quantitative estimate of drug-likeness (QED) is 0.686. The van der Waals surface area contributed by atoms with Gasteiger partial charge in [-0.15, -0.1) is 0 Å². The number of likely N-dealkylation sites (N-methyl/N-ethyl adjacent to an activating group) is 1. The highest BCUT2D eigenvalue weighted by Gasteiger charge is 2.33. The molecule has 1 aliphatic rings. The molecule has 0 amide bonds. The first kappa shape index (κ1) is 16.4. The molecule has 0 aromatic rings. The third-order valence-corrected chi connectivity index (χ3v) is 4.30. The van der Waals surface area contributed by atoms with Crippen molar-refractivity contribution in [2.45, 2.75) is 64.5 Å². The molecule has 1 heterocycles. The average molecular weight is 270 g/mol. The molecule has 0 spiro atoms. The van der Waals surface area contributed by atoms with Crippen molar-refractivity contribution in [3.8, 4) is 0 Å². The lowest BCUT2D eigenvalue weighted by Crippen LogP contribution is -2.50. The minimum Gasteiger partial charge on any atom is -0.468 e. The van der Waals surface area contributed by atoms with Crippen LogP contribution in [0.1, 0.15) is 52.9 Å². The minimum atomic E-state index is -0.537. The molecule has 1 fully saturated rings. The lowest BCUT2D eigenvalue weighted by atomic mass is 9.95. The third-order valence-electron chi connectivity index (χ3n) is 4.30. The van der Waals surface area contributed by atoms with Crippen LogP contribution in [0.25, 0.3) is 0 Å². The van der Waals surface area contributed by atoms with Gasteiger partial charge in [0.05, 0.1) is 7.11 Å². The Labute approximate surface area is 117 Å². The van der Waals surface area contributed by atoms with Gasteiger partial charge in [-0.05, 0) is 58.7 Å². The summed E-state index contributed by atoms with van der Waals surface area (Å²) in [7, 11) is 1.46. The van der Waals surface area contributed by atoms with Gasteiger partial charge in [0.2, 0.25) is 0 Å². The Balaban J connectivity index is 2.42. The summed E-state index contributed by atoms with van der Waals surface area (Å²) in [6.45, 7) is 9.33. The molecule has 1 saturated heterocycles. The van der Waals surface area contributed by atoms with Gasteiger partial charge < -0.3 is 15.0 Å². The van der Waals surface area contributed by atoms with Gasteiger partial charge in [0, 0.05) is 6.04 Å². The van der Waals surface area contributed by atoms with Crippen molar-refractivity contribution in [3.63, 3.8) is 0 Å². The maximum Gasteiger partial charge on any atom is 0.325 e. The normalized spacial score (nSPS) is 23.3. The number of esters is 1. The van der Waals surface area contributed by atoms with E-state index in [-0.39, 0.29) is 5.97 Å². The van der Waals surface area contributed by atoms with Gasteiger partial charge in [-0.2, -0.15) is 0 Å². The summed E-state index contributed by atoms with van der Waals surface area (Å²) in [5.41, 5.74) is -0.537. The van der Waals surface area contributed by atoms with Gasteiger partial charge in [-0.3, -0.25) is 4.79 Å². The van der Waals surface area contributed by atoms with Gasteiger partial charge in [-0.1, -0.05) is 13.8 Å². The van der Waals surface area contributed by atoms with Gasteiger partial charge in [0.25, 0.3) is 0 Å². The van der Waals surface area contributed by atoms with Crippen LogP contribution in [0.15, 0.2) is 0 Å². The van der Waals surface area contributed by atoms with Crippen LogP contribution >= 0.6 is 0 Å². The maximum absolute atomic E-state index is 11.9. The first-order valence-electron chi connectivity index (χ1n) is 7.64. The van der Waals surface area contributed by atoms with E-state index >= 15 is 0 Å². The Hall–Kier alpha value is -0.610. The summed E-state index contributed by atoms with van der Waals surface area (Å²) in [6.07, 6.45) is 5.76. The highest BCUT2D eigenvalue weighted by Crippen LogP contribution is 2.22. The number of hydrogen-bond donors (Lipinski definition) is 1. The minimum absolute atomic E-state index is 0.150. The second-order valence-electron chi connectivity index (χ2n) is 5.70. The third kappa shape index (κ3) is 4.46. The highest BCUT2D eigenvalue weighted by atomic mass is 16.5. The summed E-state index contributed by atoms with van der Waals surface area (Å²) in [5.74, 6) is -0.150. The number of carbonyl (C=O) groups excluding carboxylic acids is 1. The van der Waals surface area contributed by atoms with Gasteiger partial charge in [0.1, 0.15) is 5.54 Å². The molecular weight excluding hydrogens is 240 g/mol. The lowest BCUT2D eigenvalue weighted by Gasteiger charge is -2.29. The lowest BCUT2D eigenvalue weighted by molar-refractivity contribution is -0.148. The molecule has 19 heavy (non-hydrogen) atoms. The monoisotopic (exact) mass is 270 g/mol. The second kappa shape index (κ2) is 7.85. The van der Waals surface area contributed by atoms with Crippen molar-refractivity contribution in [1.82, 2.24) is 10.2 Å². The summed E-state index contributed by atoms with van der Waals surface area (Å²) < 4.78 is 4.92. The first-order valence-corrected chi connectivity index (χ1v) is 7.64. The fourth-order valence-electron chi connectivity index (χ4n) is 3.17. The van der Waals surface area contributed by atoms with Gasteiger partial charge >= 0.3 is 5.97 Å². The number of nitrogens with zero attached hydrogens (tertiary/aromatic N) is 1. The van der Waals surface area contributed by atoms with E-state index in [2.05, 4.69) is 17.1 Å². The van der Waals surface area contributed by atoms with Crippen LogP contribution in [0.5, 0.6) is 0 Å². The first-order chi connectivity index (χ1) is 9.07. The van der Waals surface area contributed by atoms with Crippen LogP contribution in [0, 0.1) is 0 Å². The Kier molecular flexibility index (Phi) is 6.80. The molecule has 4 nitrogen and oxygen atoms in total. The van der Waals surface area contributed by atoms with E-state index in [4.69, 9.17) is 4.74 Å². The predicted molar refractivity (Wildman–Crippen MR) is 78.2 cm³/mol. The van der Waals surface area contributed by atoms with E-state index < -0.39 is 5.54 Å². The number of rotatable bonds is 8. The fourth-order valence-corrected chi connectivity index (χ4v) is 3.17. The van der Waals surface area contributed by atoms with E-state index in [9.17, 15) is 4.79 Å². The predicted octanol–water partition coefficient (Wildman–Crippen LogP) is 2.18. The molecule has 112 valence electrons. The van der Waals surface area contributed by atoms with E-state index in [1.54, 1.807) is 0 Å². The van der Waals surface area contributed by atoms with Gasteiger partial charge in [0.15, 0.2) is 0 Å². The molecule has 0 aromatic carbocycles. The summed E-state index contributed by atoms with van der Waals surface area (Å²) in [4.78, 5) is 14.4. The summed E-state index contributed by atoms with van der Waals surface area (Å²) in [5, 5.41) is 3.27. The zero-order valence-electron chi connectivity index (χ0n) is 13.0. The number of methoxy groups -OCH3 is 1. The van der Waals surface area contributed by atoms with E-state index in [1.807, 2.05) is 13.8 Å². The molecule has 1 N–H and O–H groups in total. The van der Waals surface area contributed by atoms with E-state index in [1.165, 1.54) is 32.9 Å². The Morgan fingerprint density at radius 3 is 2.79 bits per heavy atom. The molecule has 0 aromatic heterocycles. The Morgan fingerprint density at radius 2 is 2.21 bits per heavy atom. The topological polar surface area (TPSA) is 41.6 Å². The van der Waals surface area contributed by atoms with Gasteiger partial charge in [-0.25, -0.2) is 0 Å². The molecular formula is C15H30N2O2. The van der Waals surface area contributed by atoms with E-state index in [0.29, 0.717) is 0 Å². The second-order valence-corrected chi connectivity index (χ2v) is 5.70. The van der Waals surface area contributed by atoms with Crippen molar-refractivity contribution >= 4 is 5.97 Å². The average Bonchev–Trinajstić information content (AvgIpc) is 2.85. The summed E-state index contributed by atoms with van der Waals surface area (Å²) >= 11 is 0. The standard InChI is InChI=1S/C15H30N2O2/c1-5-13-9-7-11-17(13)12-8-10-15(3,16-6-2)14(18)19-4/h13,16H,5-12H2,1-4H3. The van der Waals surface area contributed by atoms with Crippen molar-refractivity contribution in [2.24, 2.45) is 0 Å². The van der Waals surface area contributed by atoms with Crippen LogP contribution in [0.2, 0.25) is 0 Å². The number of hydrogen-bond acceptors (Lipinski definition) is 4. The molecule has 0 saturated carbocycles. The van der Waals surface area contributed by atoms with Crippen molar-refractivity contribution in [1.29, 1.82) is 0 Å². The summed E-state index contributed by atoms with van der Waals surface area (Å²) in [6, 6.07) is 0.753. The molecule has 0 aliphatic carbocycles. The Morgan fingerprint density at radius 1 is 1.47 bits per heavy atom. The zero-order valence-corrected chi connectivity index (χ0v) is 13.0. The fraction of sp³-hybridized carbons (Fsp3) is 0.933. The van der Waals surface area contributed by atoms with Crippen molar-refractivity contribution < 1.29 is 9.53 Å². The molecule has 4 heteroatoms. The van der Waals surface area contributed by atoms with Crippen LogP contribution in [-0.2, 0) is 9.53 Å². The number of nitrogens with one attached hydrogen (secondary N) is 1. The largest absolute Gasteiger partial charge is 0.468 e. The number of ether oxygens (including phenoxy) is 1. The Bertz CT molecular complexity index is 283. The number of likely N-dealkylation sites (tertiary alicyclic amines) is 1. The highest BCUT2D eigenvalue weighted by molar-refractivity contribution is 5.80. The van der Waals surface area contributed by atoms with Crippen LogP contribution < -0.4 is 5.32 Å². The maximum atomic E-state index is 11.9. The van der Waals surface area contributed by atoms with Crippen molar-refractivity contribution in [3.05, 3.63) is 0 Å². The molecule has 0 radical (unpaired) electrons. The molecule has 1 aliphatic heterocycles. The molecule has 1 rings (SSSR count). The van der Waals surface area contributed by atoms with E-state index in [0.717, 1.165) is 32.0 Å².